The average molecular weight is 311 g/mol. The third kappa shape index (κ3) is 2.95. The quantitative estimate of drug-likeness (QED) is 0.773. The number of benzene rings is 1. The zero-order valence-electron chi connectivity index (χ0n) is 12.5. The van der Waals surface area contributed by atoms with E-state index in [-0.39, 0.29) is 12.0 Å². The Morgan fingerprint density at radius 3 is 3.30 bits per heavy atom. The first kappa shape index (κ1) is 14.0. The number of carbonyl (C=O) groups is 1. The molecule has 1 amide bonds. The van der Waals surface area contributed by atoms with Crippen molar-refractivity contribution >= 4 is 22.6 Å². The Balaban J connectivity index is 1.44. The van der Waals surface area contributed by atoms with Crippen LogP contribution in [0.2, 0.25) is 0 Å². The van der Waals surface area contributed by atoms with Crippen LogP contribution < -0.4 is 5.32 Å². The van der Waals surface area contributed by atoms with Gasteiger partial charge in [-0.25, -0.2) is 4.98 Å². The molecule has 118 valence electrons. The fourth-order valence-electron chi connectivity index (χ4n) is 2.80. The van der Waals surface area contributed by atoms with Gasteiger partial charge in [-0.15, -0.1) is 0 Å². The molecule has 1 aliphatic heterocycles. The summed E-state index contributed by atoms with van der Waals surface area (Å²) in [6.07, 6.45) is 7.48. The zero-order valence-corrected chi connectivity index (χ0v) is 12.5. The zero-order chi connectivity index (χ0) is 15.6. The number of anilines is 1. The molecule has 1 saturated heterocycles. The molecule has 1 fully saturated rings. The van der Waals surface area contributed by atoms with Crippen LogP contribution in [0, 0.1) is 0 Å². The maximum Gasteiger partial charge on any atom is 0.255 e. The molecule has 3 heterocycles. The molecule has 1 aromatic carbocycles. The van der Waals surface area contributed by atoms with E-state index in [0.717, 1.165) is 37.0 Å². The van der Waals surface area contributed by atoms with Crippen molar-refractivity contribution in [2.24, 2.45) is 0 Å². The van der Waals surface area contributed by atoms with E-state index in [1.54, 1.807) is 24.7 Å². The van der Waals surface area contributed by atoms with Crippen LogP contribution in [0.3, 0.4) is 0 Å². The largest absolute Gasteiger partial charge is 0.376 e. The second kappa shape index (κ2) is 5.85. The minimum atomic E-state index is -0.174. The van der Waals surface area contributed by atoms with Crippen LogP contribution >= 0.6 is 0 Å². The summed E-state index contributed by atoms with van der Waals surface area (Å²) < 4.78 is 7.40. The molecule has 0 spiro atoms. The predicted octanol–water partition coefficient (Wildman–Crippen LogP) is 2.19. The Kier molecular flexibility index (Phi) is 3.55. The summed E-state index contributed by atoms with van der Waals surface area (Å²) >= 11 is 0. The van der Waals surface area contributed by atoms with Gasteiger partial charge in [-0.1, -0.05) is 0 Å². The van der Waals surface area contributed by atoms with E-state index < -0.39 is 0 Å². The molecule has 7 heteroatoms. The van der Waals surface area contributed by atoms with Crippen molar-refractivity contribution in [3.05, 3.63) is 42.5 Å². The van der Waals surface area contributed by atoms with E-state index in [2.05, 4.69) is 20.4 Å². The molecule has 2 N–H and O–H groups in total. The van der Waals surface area contributed by atoms with Crippen LogP contribution in [-0.2, 0) is 11.3 Å². The molecule has 0 saturated carbocycles. The number of nitrogens with one attached hydrogen (secondary N) is 2. The summed E-state index contributed by atoms with van der Waals surface area (Å²) in [5.74, 6) is -0.174. The number of H-pyrrole nitrogens is 1. The van der Waals surface area contributed by atoms with Gasteiger partial charge in [0.15, 0.2) is 0 Å². The fourth-order valence-corrected chi connectivity index (χ4v) is 2.80. The standard InChI is InChI=1S/C16H17N5O2/c22-16(11-3-4-14-15(6-11)18-10-17-14)20-12-7-19-21(8-12)9-13-2-1-5-23-13/h3-4,6-8,10,13H,1-2,5,9H2,(H,17,18)(H,20,22). The third-order valence-electron chi connectivity index (χ3n) is 3.99. The highest BCUT2D eigenvalue weighted by atomic mass is 16.5. The number of imidazole rings is 1. The first-order valence-corrected chi connectivity index (χ1v) is 7.66. The molecule has 1 aliphatic rings. The number of aromatic nitrogens is 4. The first-order valence-electron chi connectivity index (χ1n) is 7.66. The van der Waals surface area contributed by atoms with E-state index in [1.807, 2.05) is 16.9 Å². The lowest BCUT2D eigenvalue weighted by Crippen LogP contribution is -2.15. The van der Waals surface area contributed by atoms with Crippen molar-refractivity contribution in [3.63, 3.8) is 0 Å². The molecule has 3 aromatic rings. The van der Waals surface area contributed by atoms with Gasteiger partial charge in [0.2, 0.25) is 0 Å². The maximum atomic E-state index is 12.3. The van der Waals surface area contributed by atoms with Crippen LogP contribution in [0.1, 0.15) is 23.2 Å². The number of amides is 1. The van der Waals surface area contributed by atoms with Crippen molar-refractivity contribution in [2.45, 2.75) is 25.5 Å². The number of nitrogens with zero attached hydrogens (tertiary/aromatic N) is 3. The van der Waals surface area contributed by atoms with Crippen molar-refractivity contribution in [1.29, 1.82) is 0 Å². The number of hydrogen-bond donors (Lipinski definition) is 2. The van der Waals surface area contributed by atoms with Crippen LogP contribution in [0.15, 0.2) is 36.9 Å². The molecule has 1 atom stereocenters. The van der Waals surface area contributed by atoms with E-state index in [1.165, 1.54) is 0 Å². The first-order chi connectivity index (χ1) is 11.3. The van der Waals surface area contributed by atoms with Gasteiger partial charge in [0, 0.05) is 18.4 Å². The Morgan fingerprint density at radius 1 is 1.48 bits per heavy atom. The monoisotopic (exact) mass is 311 g/mol. The number of hydrogen-bond acceptors (Lipinski definition) is 4. The molecular formula is C16H17N5O2. The fraction of sp³-hybridized carbons (Fsp3) is 0.312. The summed E-state index contributed by atoms with van der Waals surface area (Å²) in [6.45, 7) is 1.54. The lowest BCUT2D eigenvalue weighted by molar-refractivity contribution is 0.0940. The highest BCUT2D eigenvalue weighted by molar-refractivity contribution is 6.05. The second-order valence-electron chi connectivity index (χ2n) is 5.67. The van der Waals surface area contributed by atoms with Gasteiger partial charge in [0.1, 0.15) is 0 Å². The lowest BCUT2D eigenvalue weighted by Gasteiger charge is -2.08. The highest BCUT2D eigenvalue weighted by Gasteiger charge is 2.16. The van der Waals surface area contributed by atoms with E-state index in [4.69, 9.17) is 4.74 Å². The number of fused-ring (bicyclic) bond motifs is 1. The molecule has 0 aliphatic carbocycles. The molecule has 1 unspecified atom stereocenters. The SMILES string of the molecule is O=C(Nc1cnn(CC2CCCO2)c1)c1ccc2[nH]cnc2c1. The number of ether oxygens (including phenoxy) is 1. The summed E-state index contributed by atoms with van der Waals surface area (Å²) in [4.78, 5) is 19.5. The van der Waals surface area contributed by atoms with Gasteiger partial charge in [-0.3, -0.25) is 9.48 Å². The van der Waals surface area contributed by atoms with Gasteiger partial charge >= 0.3 is 0 Å². The van der Waals surface area contributed by atoms with Crippen LogP contribution in [0.4, 0.5) is 5.69 Å². The van der Waals surface area contributed by atoms with E-state index >= 15 is 0 Å². The highest BCUT2D eigenvalue weighted by Crippen LogP contribution is 2.16. The van der Waals surface area contributed by atoms with E-state index in [0.29, 0.717) is 11.3 Å². The summed E-state index contributed by atoms with van der Waals surface area (Å²) in [7, 11) is 0. The van der Waals surface area contributed by atoms with Crippen molar-refractivity contribution in [2.75, 3.05) is 11.9 Å². The van der Waals surface area contributed by atoms with Crippen molar-refractivity contribution < 1.29 is 9.53 Å². The lowest BCUT2D eigenvalue weighted by atomic mass is 10.2. The van der Waals surface area contributed by atoms with Crippen LogP contribution in [0.25, 0.3) is 11.0 Å². The van der Waals surface area contributed by atoms with Gasteiger partial charge < -0.3 is 15.0 Å². The molecule has 2 aromatic heterocycles. The van der Waals surface area contributed by atoms with E-state index in [9.17, 15) is 4.79 Å². The van der Waals surface area contributed by atoms with Crippen LogP contribution in [-0.4, -0.2) is 38.4 Å². The average Bonchev–Trinajstić information content (AvgIpc) is 3.28. The number of rotatable bonds is 4. The van der Waals surface area contributed by atoms with Crippen LogP contribution in [0.5, 0.6) is 0 Å². The second-order valence-corrected chi connectivity index (χ2v) is 5.67. The molecular weight excluding hydrogens is 294 g/mol. The van der Waals surface area contributed by atoms with Gasteiger partial charge in [0.25, 0.3) is 5.91 Å². The Morgan fingerprint density at radius 2 is 2.43 bits per heavy atom. The summed E-state index contributed by atoms with van der Waals surface area (Å²) in [5.41, 5.74) is 2.92. The molecule has 4 rings (SSSR count). The van der Waals surface area contributed by atoms with Gasteiger partial charge in [-0.2, -0.15) is 5.10 Å². The van der Waals surface area contributed by atoms with Crippen molar-refractivity contribution in [1.82, 2.24) is 19.7 Å². The number of carbonyl (C=O) groups excluding carboxylic acids is 1. The minimum Gasteiger partial charge on any atom is -0.376 e. The normalized spacial score (nSPS) is 17.7. The molecule has 7 nitrogen and oxygen atoms in total. The maximum absolute atomic E-state index is 12.3. The molecule has 0 radical (unpaired) electrons. The smallest absolute Gasteiger partial charge is 0.255 e. The summed E-state index contributed by atoms with van der Waals surface area (Å²) in [5, 5.41) is 7.13. The summed E-state index contributed by atoms with van der Waals surface area (Å²) in [6, 6.07) is 5.38. The topological polar surface area (TPSA) is 84.8 Å². The van der Waals surface area contributed by atoms with Gasteiger partial charge in [0.05, 0.1) is 41.9 Å². The molecule has 23 heavy (non-hydrogen) atoms. The Hall–Kier alpha value is -2.67. The Bertz CT molecular complexity index is 832. The number of aromatic amines is 1. The third-order valence-corrected chi connectivity index (χ3v) is 3.99. The minimum absolute atomic E-state index is 0.174. The Labute approximate surface area is 132 Å². The van der Waals surface area contributed by atoms with Gasteiger partial charge in [-0.05, 0) is 31.0 Å². The molecule has 0 bridgehead atoms. The van der Waals surface area contributed by atoms with Crippen molar-refractivity contribution in [3.8, 4) is 0 Å². The predicted molar refractivity (Wildman–Crippen MR) is 85.2 cm³/mol.